The Kier molecular flexibility index (Phi) is 4.84. The molecule has 2 N–H and O–H groups in total. The lowest BCUT2D eigenvalue weighted by atomic mass is 9.82. The van der Waals surface area contributed by atoms with E-state index in [-0.39, 0.29) is 18.4 Å². The highest BCUT2D eigenvalue weighted by Crippen LogP contribution is 2.32. The topological polar surface area (TPSA) is 65.5 Å². The summed E-state index contributed by atoms with van der Waals surface area (Å²) in [5, 5.41) is 0. The molecule has 0 bridgehead atoms. The van der Waals surface area contributed by atoms with Crippen LogP contribution in [0.5, 0.6) is 0 Å². The van der Waals surface area contributed by atoms with Crippen molar-refractivity contribution >= 4 is 18.4 Å². The molecule has 1 aromatic heterocycles. The number of hydrogen-bond acceptors (Lipinski definition) is 4. The molecule has 0 aliphatic carbocycles. The van der Waals surface area contributed by atoms with Crippen molar-refractivity contribution < 1.29 is 13.9 Å². The number of furan rings is 1. The molecule has 0 aromatic carbocycles. The molecule has 0 saturated heterocycles. The highest BCUT2D eigenvalue weighted by atomic mass is 35.5. The fourth-order valence-corrected chi connectivity index (χ4v) is 1.26. The Bertz CT molecular complexity index is 308. The molecule has 0 aliphatic rings. The molecule has 1 aromatic rings. The number of nitrogens with two attached hydrogens (primary N) is 1. The molecular formula is C10H16ClNO3. The zero-order valence-electron chi connectivity index (χ0n) is 9.02. The van der Waals surface area contributed by atoms with Gasteiger partial charge in [-0.25, -0.2) is 0 Å². The third-order valence-electron chi connectivity index (χ3n) is 2.39. The summed E-state index contributed by atoms with van der Waals surface area (Å²) in [6.45, 7) is 3.49. The molecule has 0 unspecified atom stereocenters. The van der Waals surface area contributed by atoms with Gasteiger partial charge in [-0.05, 0) is 19.9 Å². The minimum absolute atomic E-state index is 0. The van der Waals surface area contributed by atoms with Crippen LogP contribution in [0.4, 0.5) is 0 Å². The molecule has 15 heavy (non-hydrogen) atoms. The van der Waals surface area contributed by atoms with E-state index in [1.54, 1.807) is 19.9 Å². The standard InChI is InChI=1S/C10H15NO3.ClH/c1-10(2,9(12)13-3)8(11)7-4-5-14-6-7;/h4-6,8H,11H2,1-3H3;1H/t8-;/m0./s1. The van der Waals surface area contributed by atoms with Crippen molar-refractivity contribution in [2.45, 2.75) is 19.9 Å². The summed E-state index contributed by atoms with van der Waals surface area (Å²) < 4.78 is 9.60. The van der Waals surface area contributed by atoms with Crippen LogP contribution in [0.25, 0.3) is 0 Å². The van der Waals surface area contributed by atoms with Crippen LogP contribution < -0.4 is 5.73 Å². The summed E-state index contributed by atoms with van der Waals surface area (Å²) in [5.41, 5.74) is 5.97. The monoisotopic (exact) mass is 233 g/mol. The zero-order chi connectivity index (χ0) is 10.8. The molecule has 1 rings (SSSR count). The van der Waals surface area contributed by atoms with E-state index >= 15 is 0 Å². The molecule has 5 heteroatoms. The summed E-state index contributed by atoms with van der Waals surface area (Å²) in [7, 11) is 1.35. The lowest BCUT2D eigenvalue weighted by Crippen LogP contribution is -2.37. The zero-order valence-corrected chi connectivity index (χ0v) is 9.84. The number of carbonyl (C=O) groups excluding carboxylic acids is 1. The van der Waals surface area contributed by atoms with E-state index in [4.69, 9.17) is 10.2 Å². The second-order valence-electron chi connectivity index (χ2n) is 3.75. The molecule has 86 valence electrons. The van der Waals surface area contributed by atoms with Gasteiger partial charge >= 0.3 is 5.97 Å². The van der Waals surface area contributed by atoms with Gasteiger partial charge in [-0.1, -0.05) is 0 Å². The predicted molar refractivity (Wildman–Crippen MR) is 58.7 cm³/mol. The van der Waals surface area contributed by atoms with E-state index in [0.29, 0.717) is 0 Å². The lowest BCUT2D eigenvalue weighted by Gasteiger charge is -2.27. The Balaban J connectivity index is 0.00000196. The van der Waals surface area contributed by atoms with Gasteiger partial charge in [-0.2, -0.15) is 0 Å². The maximum absolute atomic E-state index is 11.4. The van der Waals surface area contributed by atoms with Crippen LogP contribution in [0.15, 0.2) is 23.0 Å². The minimum Gasteiger partial charge on any atom is -0.472 e. The Labute approximate surface area is 95.2 Å². The van der Waals surface area contributed by atoms with Gasteiger partial charge in [-0.3, -0.25) is 4.79 Å². The number of carbonyl (C=O) groups is 1. The predicted octanol–water partition coefficient (Wildman–Crippen LogP) is 1.90. The van der Waals surface area contributed by atoms with E-state index in [1.165, 1.54) is 19.6 Å². The van der Waals surface area contributed by atoms with E-state index < -0.39 is 11.5 Å². The van der Waals surface area contributed by atoms with Crippen molar-refractivity contribution in [2.75, 3.05) is 7.11 Å². The fourth-order valence-electron chi connectivity index (χ4n) is 1.26. The van der Waals surface area contributed by atoms with Crippen LogP contribution in [0.3, 0.4) is 0 Å². The second kappa shape index (κ2) is 5.19. The van der Waals surface area contributed by atoms with Gasteiger partial charge in [0.25, 0.3) is 0 Å². The Morgan fingerprint density at radius 3 is 2.60 bits per heavy atom. The van der Waals surface area contributed by atoms with Gasteiger partial charge in [0.15, 0.2) is 0 Å². The maximum atomic E-state index is 11.4. The first-order chi connectivity index (χ1) is 6.50. The van der Waals surface area contributed by atoms with Crippen molar-refractivity contribution in [1.29, 1.82) is 0 Å². The molecule has 1 atom stereocenters. The van der Waals surface area contributed by atoms with Crippen molar-refractivity contribution in [3.05, 3.63) is 24.2 Å². The molecule has 0 saturated carbocycles. The lowest BCUT2D eigenvalue weighted by molar-refractivity contribution is -0.152. The summed E-state index contributed by atoms with van der Waals surface area (Å²) in [4.78, 5) is 11.4. The van der Waals surface area contributed by atoms with Gasteiger partial charge in [0, 0.05) is 11.6 Å². The Morgan fingerprint density at radius 2 is 2.20 bits per heavy atom. The Hall–Kier alpha value is -1.00. The summed E-state index contributed by atoms with van der Waals surface area (Å²) in [6.07, 6.45) is 3.07. The maximum Gasteiger partial charge on any atom is 0.313 e. The number of halogens is 1. The highest BCUT2D eigenvalue weighted by molar-refractivity contribution is 5.85. The quantitative estimate of drug-likeness (QED) is 0.810. The minimum atomic E-state index is -0.751. The van der Waals surface area contributed by atoms with E-state index in [0.717, 1.165) is 5.56 Å². The van der Waals surface area contributed by atoms with Crippen molar-refractivity contribution in [1.82, 2.24) is 0 Å². The molecule has 4 nitrogen and oxygen atoms in total. The van der Waals surface area contributed by atoms with Crippen LogP contribution >= 0.6 is 12.4 Å². The van der Waals surface area contributed by atoms with Crippen LogP contribution in [0.1, 0.15) is 25.5 Å². The fraction of sp³-hybridized carbons (Fsp3) is 0.500. The van der Waals surface area contributed by atoms with Crippen molar-refractivity contribution in [2.24, 2.45) is 11.1 Å². The van der Waals surface area contributed by atoms with Crippen molar-refractivity contribution in [3.8, 4) is 0 Å². The van der Waals surface area contributed by atoms with Crippen LogP contribution in [0.2, 0.25) is 0 Å². The summed E-state index contributed by atoms with van der Waals surface area (Å²) >= 11 is 0. The van der Waals surface area contributed by atoms with Gasteiger partial charge in [0.05, 0.1) is 25.1 Å². The summed E-state index contributed by atoms with van der Waals surface area (Å²) in [6, 6.07) is 1.32. The molecular weight excluding hydrogens is 218 g/mol. The molecule has 0 fully saturated rings. The number of rotatable bonds is 3. The number of ether oxygens (including phenoxy) is 1. The van der Waals surface area contributed by atoms with Crippen LogP contribution in [-0.4, -0.2) is 13.1 Å². The first kappa shape index (κ1) is 14.0. The van der Waals surface area contributed by atoms with E-state index in [9.17, 15) is 4.79 Å². The second-order valence-corrected chi connectivity index (χ2v) is 3.75. The first-order valence-electron chi connectivity index (χ1n) is 4.36. The Morgan fingerprint density at radius 1 is 1.60 bits per heavy atom. The van der Waals surface area contributed by atoms with Crippen LogP contribution in [-0.2, 0) is 9.53 Å². The number of esters is 1. The van der Waals surface area contributed by atoms with Gasteiger partial charge in [0.1, 0.15) is 0 Å². The molecule has 0 aliphatic heterocycles. The highest BCUT2D eigenvalue weighted by Gasteiger charge is 2.36. The number of hydrogen-bond donors (Lipinski definition) is 1. The number of methoxy groups -OCH3 is 1. The molecule has 0 radical (unpaired) electrons. The largest absolute Gasteiger partial charge is 0.472 e. The SMILES string of the molecule is COC(=O)C(C)(C)[C@@H](N)c1ccoc1.Cl. The average molecular weight is 234 g/mol. The molecule has 0 spiro atoms. The van der Waals surface area contributed by atoms with E-state index in [2.05, 4.69) is 4.74 Å². The van der Waals surface area contributed by atoms with Gasteiger partial charge < -0.3 is 14.9 Å². The van der Waals surface area contributed by atoms with Gasteiger partial charge in [-0.15, -0.1) is 12.4 Å². The normalized spacial score (nSPS) is 12.8. The van der Waals surface area contributed by atoms with Crippen LogP contribution in [0, 0.1) is 5.41 Å². The third-order valence-corrected chi connectivity index (χ3v) is 2.39. The van der Waals surface area contributed by atoms with Gasteiger partial charge in [0.2, 0.25) is 0 Å². The first-order valence-corrected chi connectivity index (χ1v) is 4.36. The van der Waals surface area contributed by atoms with E-state index in [1.807, 2.05) is 0 Å². The average Bonchev–Trinajstić information content (AvgIpc) is 2.67. The van der Waals surface area contributed by atoms with Crippen molar-refractivity contribution in [3.63, 3.8) is 0 Å². The molecule has 0 amide bonds. The smallest absolute Gasteiger partial charge is 0.313 e. The third kappa shape index (κ3) is 2.73. The summed E-state index contributed by atoms with van der Waals surface area (Å²) in [5.74, 6) is -0.328. The molecule has 1 heterocycles.